The Bertz CT molecular complexity index is 593. The standard InChI is InChI=1S/C13H21N5O6/c1-2-3-6(14)13(22)23-4-7-8(19)9(20)12(24-7)18-5-16-11(17-18)10(15)21/h5-9,12,19-20H,2-4,14H2,1H3,(H2,15,21)/t6-,7-,8-,9-,12-/m0/s1. The molecule has 2 rings (SSSR count). The van der Waals surface area contributed by atoms with Gasteiger partial charge in [0, 0.05) is 0 Å². The summed E-state index contributed by atoms with van der Waals surface area (Å²) in [6, 6.07) is -0.747. The number of rotatable bonds is 7. The van der Waals surface area contributed by atoms with Gasteiger partial charge in [0.05, 0.1) is 0 Å². The van der Waals surface area contributed by atoms with E-state index in [2.05, 4.69) is 10.1 Å². The number of carbonyl (C=O) groups excluding carboxylic acids is 2. The van der Waals surface area contributed by atoms with E-state index in [1.165, 1.54) is 0 Å². The number of amides is 1. The molecule has 5 atom stereocenters. The quantitative estimate of drug-likeness (QED) is 0.395. The van der Waals surface area contributed by atoms with Gasteiger partial charge in [-0.05, 0) is 6.42 Å². The Morgan fingerprint density at radius 2 is 2.17 bits per heavy atom. The van der Waals surface area contributed by atoms with Crippen LogP contribution in [0.3, 0.4) is 0 Å². The van der Waals surface area contributed by atoms with Crippen LogP contribution in [0, 0.1) is 0 Å². The minimum absolute atomic E-state index is 0.249. The fourth-order valence-electron chi connectivity index (χ4n) is 2.30. The zero-order chi connectivity index (χ0) is 17.9. The largest absolute Gasteiger partial charge is 0.462 e. The molecule has 0 aromatic carbocycles. The highest BCUT2D eigenvalue weighted by atomic mass is 16.6. The first-order valence-electron chi connectivity index (χ1n) is 7.49. The van der Waals surface area contributed by atoms with Crippen molar-refractivity contribution in [2.75, 3.05) is 6.61 Å². The minimum atomic E-state index is -1.35. The number of hydrogen-bond donors (Lipinski definition) is 4. The number of ether oxygens (including phenoxy) is 2. The number of aliphatic hydroxyl groups excluding tert-OH is 2. The van der Waals surface area contributed by atoms with Gasteiger partial charge in [-0.1, -0.05) is 13.3 Å². The predicted molar refractivity (Wildman–Crippen MR) is 78.3 cm³/mol. The molecule has 24 heavy (non-hydrogen) atoms. The van der Waals surface area contributed by atoms with E-state index >= 15 is 0 Å². The van der Waals surface area contributed by atoms with Gasteiger partial charge in [0.1, 0.15) is 37.3 Å². The number of nitrogens with two attached hydrogens (primary N) is 2. The second-order valence-electron chi connectivity index (χ2n) is 5.48. The first kappa shape index (κ1) is 18.3. The molecule has 0 saturated carbocycles. The smallest absolute Gasteiger partial charge is 0.323 e. The third kappa shape index (κ3) is 3.87. The third-order valence-corrected chi connectivity index (χ3v) is 3.62. The van der Waals surface area contributed by atoms with Crippen LogP contribution in [0.4, 0.5) is 0 Å². The lowest BCUT2D eigenvalue weighted by molar-refractivity contribution is -0.152. The molecule has 1 amide bonds. The molecule has 0 unspecified atom stereocenters. The summed E-state index contributed by atoms with van der Waals surface area (Å²) in [7, 11) is 0. The maximum absolute atomic E-state index is 11.7. The van der Waals surface area contributed by atoms with Crippen molar-refractivity contribution in [3.05, 3.63) is 12.2 Å². The lowest BCUT2D eigenvalue weighted by Crippen LogP contribution is -2.37. The van der Waals surface area contributed by atoms with Crippen LogP contribution < -0.4 is 11.5 Å². The Hall–Kier alpha value is -2.08. The highest BCUT2D eigenvalue weighted by molar-refractivity contribution is 5.88. The number of nitrogens with zero attached hydrogens (tertiary/aromatic N) is 3. The second kappa shape index (κ2) is 7.66. The van der Waals surface area contributed by atoms with E-state index in [1.807, 2.05) is 6.92 Å². The van der Waals surface area contributed by atoms with Gasteiger partial charge in [-0.2, -0.15) is 0 Å². The molecule has 1 aromatic rings. The molecule has 1 aromatic heterocycles. The summed E-state index contributed by atoms with van der Waals surface area (Å²) in [6.45, 7) is 1.61. The molecule has 0 radical (unpaired) electrons. The van der Waals surface area contributed by atoms with Crippen molar-refractivity contribution in [3.8, 4) is 0 Å². The van der Waals surface area contributed by atoms with Gasteiger partial charge in [0.15, 0.2) is 6.23 Å². The summed E-state index contributed by atoms with van der Waals surface area (Å²) in [5.74, 6) is -1.69. The highest BCUT2D eigenvalue weighted by Crippen LogP contribution is 2.29. The molecule has 6 N–H and O–H groups in total. The predicted octanol–water partition coefficient (Wildman–Crippen LogP) is -2.33. The molecule has 2 heterocycles. The monoisotopic (exact) mass is 343 g/mol. The molecule has 0 spiro atoms. The van der Waals surface area contributed by atoms with Crippen molar-refractivity contribution >= 4 is 11.9 Å². The Kier molecular flexibility index (Phi) is 5.83. The number of esters is 1. The fraction of sp³-hybridized carbons (Fsp3) is 0.692. The maximum Gasteiger partial charge on any atom is 0.323 e. The summed E-state index contributed by atoms with van der Waals surface area (Å²) in [5, 5.41) is 23.8. The average molecular weight is 343 g/mol. The zero-order valence-electron chi connectivity index (χ0n) is 13.1. The molecule has 0 aliphatic carbocycles. The van der Waals surface area contributed by atoms with Gasteiger partial charge >= 0.3 is 5.97 Å². The van der Waals surface area contributed by atoms with Crippen molar-refractivity contribution in [3.63, 3.8) is 0 Å². The first-order chi connectivity index (χ1) is 11.3. The Labute approximate surface area is 137 Å². The topological polar surface area (TPSA) is 176 Å². The van der Waals surface area contributed by atoms with E-state index in [4.69, 9.17) is 20.9 Å². The molecular weight excluding hydrogens is 322 g/mol. The summed E-state index contributed by atoms with van der Waals surface area (Å²) >= 11 is 0. The van der Waals surface area contributed by atoms with Crippen LogP contribution in [-0.2, 0) is 14.3 Å². The highest BCUT2D eigenvalue weighted by Gasteiger charge is 2.45. The Balaban J connectivity index is 1.96. The van der Waals surface area contributed by atoms with Gasteiger partial charge in [0.2, 0.25) is 5.82 Å². The van der Waals surface area contributed by atoms with Gasteiger partial charge in [-0.25, -0.2) is 9.67 Å². The summed E-state index contributed by atoms with van der Waals surface area (Å²) in [5.41, 5.74) is 10.7. The number of aromatic nitrogens is 3. The fourth-order valence-corrected chi connectivity index (χ4v) is 2.30. The number of aliphatic hydroxyl groups is 2. The molecule has 11 nitrogen and oxygen atoms in total. The Morgan fingerprint density at radius 3 is 2.75 bits per heavy atom. The van der Waals surface area contributed by atoms with Gasteiger partial charge < -0.3 is 31.2 Å². The molecule has 1 saturated heterocycles. The van der Waals surface area contributed by atoms with Crippen LogP contribution in [0.5, 0.6) is 0 Å². The van der Waals surface area contributed by atoms with E-state index in [0.29, 0.717) is 6.42 Å². The number of hydrogen-bond acceptors (Lipinski definition) is 9. The van der Waals surface area contributed by atoms with Crippen LogP contribution in [0.25, 0.3) is 0 Å². The lowest BCUT2D eigenvalue weighted by atomic mass is 10.1. The van der Waals surface area contributed by atoms with Crippen LogP contribution >= 0.6 is 0 Å². The average Bonchev–Trinajstić information content (AvgIpc) is 3.12. The van der Waals surface area contributed by atoms with Crippen molar-refractivity contribution in [2.24, 2.45) is 11.5 Å². The SMILES string of the molecule is CCC[C@H](N)C(=O)OC[C@@H]1O[C@H](n2cnc(C(N)=O)n2)[C@@H](O)[C@H]1O. The van der Waals surface area contributed by atoms with E-state index in [-0.39, 0.29) is 12.4 Å². The number of primary amides is 1. The van der Waals surface area contributed by atoms with Crippen LogP contribution in [0.1, 0.15) is 36.6 Å². The number of carbonyl (C=O) groups is 2. The minimum Gasteiger partial charge on any atom is -0.462 e. The maximum atomic E-state index is 11.7. The summed E-state index contributed by atoms with van der Waals surface area (Å²) in [6.07, 6.45) is -2.36. The molecule has 11 heteroatoms. The normalized spacial score (nSPS) is 27.8. The molecule has 134 valence electrons. The van der Waals surface area contributed by atoms with E-state index in [9.17, 15) is 19.8 Å². The van der Waals surface area contributed by atoms with Gasteiger partial charge in [0.25, 0.3) is 5.91 Å². The molecular formula is C13H21N5O6. The van der Waals surface area contributed by atoms with Crippen LogP contribution in [0.15, 0.2) is 6.33 Å². The molecule has 0 bridgehead atoms. The van der Waals surface area contributed by atoms with Crippen molar-refractivity contribution in [1.29, 1.82) is 0 Å². The second-order valence-corrected chi connectivity index (χ2v) is 5.48. The molecule has 1 fully saturated rings. The van der Waals surface area contributed by atoms with E-state index in [1.54, 1.807) is 0 Å². The van der Waals surface area contributed by atoms with E-state index in [0.717, 1.165) is 17.4 Å². The van der Waals surface area contributed by atoms with Gasteiger partial charge in [-0.15, -0.1) is 5.10 Å². The van der Waals surface area contributed by atoms with Gasteiger partial charge in [-0.3, -0.25) is 9.59 Å². The first-order valence-corrected chi connectivity index (χ1v) is 7.49. The Morgan fingerprint density at radius 1 is 1.46 bits per heavy atom. The van der Waals surface area contributed by atoms with Crippen molar-refractivity contribution in [1.82, 2.24) is 14.8 Å². The van der Waals surface area contributed by atoms with Crippen LogP contribution in [-0.4, -0.2) is 67.8 Å². The molecule has 1 aliphatic heterocycles. The summed E-state index contributed by atoms with van der Waals surface area (Å²) < 4.78 is 11.5. The zero-order valence-corrected chi connectivity index (χ0v) is 13.1. The third-order valence-electron chi connectivity index (χ3n) is 3.62. The van der Waals surface area contributed by atoms with E-state index < -0.39 is 42.5 Å². The lowest BCUT2D eigenvalue weighted by Gasteiger charge is -2.16. The van der Waals surface area contributed by atoms with Crippen LogP contribution in [0.2, 0.25) is 0 Å². The summed E-state index contributed by atoms with van der Waals surface area (Å²) in [4.78, 5) is 26.3. The molecule has 1 aliphatic rings. The van der Waals surface area contributed by atoms with Crippen molar-refractivity contribution < 1.29 is 29.3 Å². The van der Waals surface area contributed by atoms with Crippen molar-refractivity contribution in [2.45, 2.75) is 50.3 Å².